The third kappa shape index (κ3) is 3.76. The second-order valence-corrected chi connectivity index (χ2v) is 4.63. The first-order valence-electron chi connectivity index (χ1n) is 5.82. The van der Waals surface area contributed by atoms with Crippen molar-refractivity contribution in [3.63, 3.8) is 0 Å². The molecule has 5 nitrogen and oxygen atoms in total. The highest BCUT2D eigenvalue weighted by Crippen LogP contribution is 2.23. The maximum atomic E-state index is 11.8. The minimum Gasteiger partial charge on any atom is -0.505 e. The zero-order valence-corrected chi connectivity index (χ0v) is 10.9. The topological polar surface area (TPSA) is 87.7 Å². The molecule has 1 aromatic carbocycles. The number of hydrazone groups is 1. The van der Waals surface area contributed by atoms with Crippen LogP contribution in [0.2, 0.25) is 0 Å². The van der Waals surface area contributed by atoms with Gasteiger partial charge in [-0.25, -0.2) is 5.43 Å². The highest BCUT2D eigenvalue weighted by molar-refractivity contribution is 5.99. The second kappa shape index (κ2) is 6.05. The van der Waals surface area contributed by atoms with Crippen LogP contribution in [0.1, 0.15) is 37.6 Å². The van der Waals surface area contributed by atoms with Crippen molar-refractivity contribution in [1.29, 1.82) is 0 Å². The van der Waals surface area contributed by atoms with Gasteiger partial charge in [-0.05, 0) is 31.4 Å². The number of nitrogen functional groups attached to an aromatic ring is 1. The van der Waals surface area contributed by atoms with Crippen molar-refractivity contribution < 1.29 is 9.90 Å². The van der Waals surface area contributed by atoms with Gasteiger partial charge in [0.15, 0.2) is 5.75 Å². The Morgan fingerprint density at radius 2 is 2.17 bits per heavy atom. The number of benzene rings is 1. The van der Waals surface area contributed by atoms with Crippen LogP contribution < -0.4 is 11.2 Å². The van der Waals surface area contributed by atoms with E-state index in [4.69, 9.17) is 5.73 Å². The molecule has 0 heterocycles. The number of aromatic hydroxyl groups is 1. The fourth-order valence-corrected chi connectivity index (χ4v) is 1.59. The fourth-order valence-electron chi connectivity index (χ4n) is 1.59. The molecule has 98 valence electrons. The predicted molar refractivity (Wildman–Crippen MR) is 72.5 cm³/mol. The highest BCUT2D eigenvalue weighted by Gasteiger charge is 2.12. The van der Waals surface area contributed by atoms with Crippen LogP contribution >= 0.6 is 0 Å². The molecule has 1 aromatic rings. The number of amides is 1. The Bertz CT molecular complexity index is 467. The van der Waals surface area contributed by atoms with Gasteiger partial charge in [-0.15, -0.1) is 0 Å². The molecule has 0 aliphatic heterocycles. The van der Waals surface area contributed by atoms with E-state index >= 15 is 0 Å². The van der Waals surface area contributed by atoms with E-state index in [2.05, 4.69) is 24.4 Å². The summed E-state index contributed by atoms with van der Waals surface area (Å²) >= 11 is 0. The van der Waals surface area contributed by atoms with E-state index in [0.717, 1.165) is 12.1 Å². The number of carbonyl (C=O) groups excluding carboxylic acids is 1. The van der Waals surface area contributed by atoms with Gasteiger partial charge in [0.2, 0.25) is 0 Å². The summed E-state index contributed by atoms with van der Waals surface area (Å²) in [7, 11) is 0. The third-order valence-corrected chi connectivity index (χ3v) is 2.36. The monoisotopic (exact) mass is 249 g/mol. The Morgan fingerprint density at radius 3 is 2.78 bits per heavy atom. The van der Waals surface area contributed by atoms with E-state index in [1.165, 1.54) is 12.1 Å². The summed E-state index contributed by atoms with van der Waals surface area (Å²) in [5.41, 5.74) is 9.05. The van der Waals surface area contributed by atoms with Gasteiger partial charge in [0.05, 0.1) is 11.3 Å². The molecule has 1 amide bonds. The molecule has 0 bridgehead atoms. The number of anilines is 1. The minimum atomic E-state index is -0.470. The van der Waals surface area contributed by atoms with E-state index in [0.29, 0.717) is 5.92 Å². The van der Waals surface area contributed by atoms with Crippen molar-refractivity contribution in [2.24, 2.45) is 11.0 Å². The largest absolute Gasteiger partial charge is 0.505 e. The maximum absolute atomic E-state index is 11.8. The van der Waals surface area contributed by atoms with Crippen molar-refractivity contribution in [1.82, 2.24) is 5.43 Å². The van der Waals surface area contributed by atoms with Crippen LogP contribution in [0.15, 0.2) is 23.3 Å². The number of hydrogen-bond acceptors (Lipinski definition) is 4. The van der Waals surface area contributed by atoms with Crippen molar-refractivity contribution in [2.45, 2.75) is 27.2 Å². The van der Waals surface area contributed by atoms with Crippen molar-refractivity contribution >= 4 is 17.3 Å². The molecular formula is C13H19N3O2. The summed E-state index contributed by atoms with van der Waals surface area (Å²) in [6.07, 6.45) is 0.809. The lowest BCUT2D eigenvalue weighted by Gasteiger charge is -2.07. The number of nitrogens with one attached hydrogen (secondary N) is 1. The molecule has 5 heteroatoms. The number of phenols is 1. The Morgan fingerprint density at radius 1 is 1.50 bits per heavy atom. The summed E-state index contributed by atoms with van der Waals surface area (Å²) < 4.78 is 0. The zero-order chi connectivity index (χ0) is 13.7. The lowest BCUT2D eigenvalue weighted by Crippen LogP contribution is -2.19. The lowest BCUT2D eigenvalue weighted by molar-refractivity contribution is 0.0952. The Kier molecular flexibility index (Phi) is 4.71. The van der Waals surface area contributed by atoms with Crippen LogP contribution in [-0.2, 0) is 0 Å². The molecule has 1 rings (SSSR count). The highest BCUT2D eigenvalue weighted by atomic mass is 16.3. The van der Waals surface area contributed by atoms with Gasteiger partial charge < -0.3 is 10.8 Å². The van der Waals surface area contributed by atoms with Crippen molar-refractivity contribution in [2.75, 3.05) is 5.73 Å². The summed E-state index contributed by atoms with van der Waals surface area (Å²) in [5, 5.41) is 13.6. The van der Waals surface area contributed by atoms with Gasteiger partial charge in [-0.1, -0.05) is 19.9 Å². The average Bonchev–Trinajstić information content (AvgIpc) is 2.29. The van der Waals surface area contributed by atoms with Crippen molar-refractivity contribution in [3.05, 3.63) is 23.8 Å². The van der Waals surface area contributed by atoms with Gasteiger partial charge >= 0.3 is 0 Å². The van der Waals surface area contributed by atoms with Crippen LogP contribution in [0.25, 0.3) is 0 Å². The molecule has 0 aliphatic carbocycles. The second-order valence-electron chi connectivity index (χ2n) is 4.63. The Labute approximate surface area is 107 Å². The van der Waals surface area contributed by atoms with Gasteiger partial charge in [0.25, 0.3) is 5.91 Å². The fraction of sp³-hybridized carbons (Fsp3) is 0.385. The van der Waals surface area contributed by atoms with E-state index in [1.807, 2.05) is 6.92 Å². The van der Waals surface area contributed by atoms with Crippen LogP contribution in [0, 0.1) is 5.92 Å². The number of carbonyl (C=O) groups is 1. The lowest BCUT2D eigenvalue weighted by atomic mass is 10.1. The van der Waals surface area contributed by atoms with Crippen LogP contribution in [0.5, 0.6) is 5.75 Å². The van der Waals surface area contributed by atoms with Gasteiger partial charge in [0.1, 0.15) is 0 Å². The van der Waals surface area contributed by atoms with E-state index in [-0.39, 0.29) is 17.0 Å². The number of nitrogens with two attached hydrogens (primary N) is 1. The molecule has 0 spiro atoms. The van der Waals surface area contributed by atoms with Crippen LogP contribution in [-0.4, -0.2) is 16.7 Å². The third-order valence-electron chi connectivity index (χ3n) is 2.36. The van der Waals surface area contributed by atoms with Crippen molar-refractivity contribution in [3.8, 4) is 5.75 Å². The summed E-state index contributed by atoms with van der Waals surface area (Å²) in [6, 6.07) is 4.63. The molecule has 0 saturated carbocycles. The number of para-hydroxylation sites is 1. The molecule has 0 saturated heterocycles. The molecule has 0 aromatic heterocycles. The summed E-state index contributed by atoms with van der Waals surface area (Å²) in [6.45, 7) is 5.99. The maximum Gasteiger partial charge on any atom is 0.275 e. The van der Waals surface area contributed by atoms with E-state index < -0.39 is 5.91 Å². The van der Waals surface area contributed by atoms with E-state index in [9.17, 15) is 9.90 Å². The first-order valence-corrected chi connectivity index (χ1v) is 5.82. The predicted octanol–water partition coefficient (Wildman–Crippen LogP) is 2.13. The molecule has 0 aliphatic rings. The number of rotatable bonds is 4. The first kappa shape index (κ1) is 14.0. The van der Waals surface area contributed by atoms with Crippen LogP contribution in [0.4, 0.5) is 5.69 Å². The first-order chi connectivity index (χ1) is 8.41. The van der Waals surface area contributed by atoms with Gasteiger partial charge in [-0.2, -0.15) is 5.10 Å². The SMILES string of the molecule is CC(CC(C)C)=NNC(=O)c1cccc(N)c1O. The number of hydrogen-bond donors (Lipinski definition) is 3. The molecule has 4 N–H and O–H groups in total. The molecule has 0 radical (unpaired) electrons. The Hall–Kier alpha value is -2.04. The zero-order valence-electron chi connectivity index (χ0n) is 10.9. The molecule has 18 heavy (non-hydrogen) atoms. The molecule has 0 unspecified atom stereocenters. The Balaban J connectivity index is 2.74. The van der Waals surface area contributed by atoms with Gasteiger partial charge in [0, 0.05) is 5.71 Å². The van der Waals surface area contributed by atoms with Gasteiger partial charge in [-0.3, -0.25) is 4.79 Å². The molecular weight excluding hydrogens is 230 g/mol. The summed E-state index contributed by atoms with van der Waals surface area (Å²) in [4.78, 5) is 11.8. The molecule has 0 fully saturated rings. The average molecular weight is 249 g/mol. The quantitative estimate of drug-likeness (QED) is 0.330. The normalized spacial score (nSPS) is 11.7. The minimum absolute atomic E-state index is 0.121. The number of phenolic OH excluding ortho intramolecular Hbond substituents is 1. The van der Waals surface area contributed by atoms with E-state index in [1.54, 1.807) is 6.07 Å². The molecule has 0 atom stereocenters. The number of nitrogens with zero attached hydrogens (tertiary/aromatic N) is 1. The standard InChI is InChI=1S/C13H19N3O2/c1-8(2)7-9(3)15-16-13(18)10-5-4-6-11(14)12(10)17/h4-6,8,17H,7,14H2,1-3H3,(H,16,18). The summed E-state index contributed by atoms with van der Waals surface area (Å²) in [5.74, 6) is -0.207. The van der Waals surface area contributed by atoms with Crippen LogP contribution in [0.3, 0.4) is 0 Å². The smallest absolute Gasteiger partial charge is 0.275 e.